The van der Waals surface area contributed by atoms with Crippen LogP contribution in [0.5, 0.6) is 0 Å². The minimum absolute atomic E-state index is 0.0611. The summed E-state index contributed by atoms with van der Waals surface area (Å²) < 4.78 is 40.3. The van der Waals surface area contributed by atoms with Gasteiger partial charge in [-0.1, -0.05) is 11.6 Å². The van der Waals surface area contributed by atoms with Crippen molar-refractivity contribution in [3.63, 3.8) is 0 Å². The normalized spacial score (nSPS) is 14.2. The number of aromatic nitrogens is 4. The lowest BCUT2D eigenvalue weighted by Gasteiger charge is -2.29. The first-order valence-corrected chi connectivity index (χ1v) is 14.2. The van der Waals surface area contributed by atoms with Crippen molar-refractivity contribution in [2.75, 3.05) is 42.7 Å². The van der Waals surface area contributed by atoms with Crippen LogP contribution in [0.4, 0.5) is 21.7 Å². The van der Waals surface area contributed by atoms with Gasteiger partial charge >= 0.3 is 0 Å². The van der Waals surface area contributed by atoms with E-state index in [-0.39, 0.29) is 39.6 Å². The van der Waals surface area contributed by atoms with Crippen molar-refractivity contribution in [1.82, 2.24) is 24.8 Å². The Labute approximate surface area is 223 Å². The number of nitrogens with one attached hydrogen (secondary N) is 2. The third-order valence-electron chi connectivity index (χ3n) is 6.26. The number of halogens is 2. The van der Waals surface area contributed by atoms with Crippen molar-refractivity contribution < 1.29 is 12.8 Å². The average Bonchev–Trinajstić information content (AvgIpc) is 2.89. The van der Waals surface area contributed by atoms with Gasteiger partial charge < -0.3 is 15.5 Å². The van der Waals surface area contributed by atoms with Gasteiger partial charge in [0.05, 0.1) is 22.0 Å². The zero-order valence-corrected chi connectivity index (χ0v) is 22.3. The number of piperazine rings is 1. The minimum Gasteiger partial charge on any atom is -0.367 e. The lowest BCUT2D eigenvalue weighted by Crippen LogP contribution is -2.43. The van der Waals surface area contributed by atoms with Crippen LogP contribution in [0.3, 0.4) is 0 Å². The molecule has 0 amide bonds. The molecule has 4 heterocycles. The van der Waals surface area contributed by atoms with Gasteiger partial charge in [0.15, 0.2) is 14.9 Å². The van der Waals surface area contributed by atoms with E-state index in [0.717, 1.165) is 32.4 Å². The van der Waals surface area contributed by atoms with Crippen molar-refractivity contribution in [2.45, 2.75) is 18.5 Å². The fraction of sp³-hybridized carbons (Fsp3) is 0.280. The number of benzene rings is 1. The second kappa shape index (κ2) is 10.3. The quantitative estimate of drug-likeness (QED) is 0.368. The van der Waals surface area contributed by atoms with Crippen LogP contribution in [-0.2, 0) is 16.4 Å². The summed E-state index contributed by atoms with van der Waals surface area (Å²) in [4.78, 5) is 28.4. The van der Waals surface area contributed by atoms with E-state index in [4.69, 9.17) is 11.6 Å². The molecule has 10 nitrogen and oxygen atoms in total. The maximum Gasteiger partial charge on any atom is 0.261 e. The maximum atomic E-state index is 14.9. The molecule has 1 aromatic carbocycles. The number of fused-ring (bicyclic) bond motifs is 1. The molecular weight excluding hydrogens is 533 g/mol. The number of rotatable bonds is 6. The fourth-order valence-electron chi connectivity index (χ4n) is 4.38. The second-order valence-corrected chi connectivity index (χ2v) is 11.2. The highest BCUT2D eigenvalue weighted by Gasteiger charge is 2.19. The van der Waals surface area contributed by atoms with E-state index in [2.05, 4.69) is 25.6 Å². The summed E-state index contributed by atoms with van der Waals surface area (Å²) in [5.41, 5.74) is 1.12. The predicted molar refractivity (Wildman–Crippen MR) is 146 cm³/mol. The molecule has 1 saturated heterocycles. The molecule has 0 atom stereocenters. The number of anilines is 3. The zero-order valence-electron chi connectivity index (χ0n) is 20.7. The first-order chi connectivity index (χ1) is 18.2. The third kappa shape index (κ3) is 5.06. The van der Waals surface area contributed by atoms with Crippen molar-refractivity contribution in [3.05, 3.63) is 63.8 Å². The maximum absolute atomic E-state index is 14.9. The monoisotopic (exact) mass is 557 g/mol. The van der Waals surface area contributed by atoms with Gasteiger partial charge in [0.2, 0.25) is 5.95 Å². The number of aryl methyl sites for hydroxylation is 1. The number of pyridine rings is 2. The van der Waals surface area contributed by atoms with Crippen molar-refractivity contribution in [2.24, 2.45) is 0 Å². The Bertz CT molecular complexity index is 1710. The lowest BCUT2D eigenvalue weighted by molar-refractivity contribution is 0.566. The largest absolute Gasteiger partial charge is 0.367 e. The molecule has 0 aliphatic carbocycles. The zero-order chi connectivity index (χ0) is 27.0. The predicted octanol–water partition coefficient (Wildman–Crippen LogP) is 3.22. The van der Waals surface area contributed by atoms with E-state index in [0.29, 0.717) is 22.4 Å². The molecule has 198 valence electrons. The van der Waals surface area contributed by atoms with Gasteiger partial charge in [-0.3, -0.25) is 9.36 Å². The molecule has 0 radical (unpaired) electrons. The highest BCUT2D eigenvalue weighted by Crippen LogP contribution is 2.28. The Morgan fingerprint density at radius 1 is 1.13 bits per heavy atom. The van der Waals surface area contributed by atoms with E-state index in [1.165, 1.54) is 35.0 Å². The van der Waals surface area contributed by atoms with E-state index in [1.807, 2.05) is 4.90 Å². The summed E-state index contributed by atoms with van der Waals surface area (Å²) in [6, 6.07) is 9.10. The van der Waals surface area contributed by atoms with Gasteiger partial charge in [-0.2, -0.15) is 4.98 Å². The summed E-state index contributed by atoms with van der Waals surface area (Å²) >= 11 is 6.30. The van der Waals surface area contributed by atoms with E-state index in [9.17, 15) is 17.6 Å². The second-order valence-electron chi connectivity index (χ2n) is 8.86. The molecule has 1 fully saturated rings. The smallest absolute Gasteiger partial charge is 0.261 e. The molecule has 5 rings (SSSR count). The molecule has 3 aromatic heterocycles. The number of sulfone groups is 1. The number of hydrogen-bond acceptors (Lipinski definition) is 9. The summed E-state index contributed by atoms with van der Waals surface area (Å²) in [6.07, 6.45) is 2.56. The Morgan fingerprint density at radius 3 is 2.58 bits per heavy atom. The van der Waals surface area contributed by atoms with Crippen molar-refractivity contribution >= 4 is 49.8 Å². The SMILES string of the molecule is CCn1c(=O)c(-c2nc(S(C)(=O)=O)ccc2Cl)cc2cnc(Nc3ccc(N4CCNCC4)c(F)c3)nc21. The van der Waals surface area contributed by atoms with Gasteiger partial charge in [0, 0.05) is 56.3 Å². The van der Waals surface area contributed by atoms with Gasteiger partial charge in [-0.25, -0.2) is 22.8 Å². The summed E-state index contributed by atoms with van der Waals surface area (Å²) in [5, 5.41) is 6.73. The first kappa shape index (κ1) is 26.0. The average molecular weight is 558 g/mol. The molecule has 38 heavy (non-hydrogen) atoms. The van der Waals surface area contributed by atoms with Crippen LogP contribution in [0.15, 0.2) is 52.4 Å². The first-order valence-electron chi connectivity index (χ1n) is 12.0. The summed E-state index contributed by atoms with van der Waals surface area (Å²) in [6.45, 7) is 5.12. The van der Waals surface area contributed by atoms with Crippen molar-refractivity contribution in [1.29, 1.82) is 0 Å². The van der Waals surface area contributed by atoms with Crippen LogP contribution < -0.4 is 21.1 Å². The molecule has 1 aliphatic rings. The number of nitrogens with zero attached hydrogens (tertiary/aromatic N) is 5. The van der Waals surface area contributed by atoms with E-state index >= 15 is 0 Å². The Morgan fingerprint density at radius 2 is 1.89 bits per heavy atom. The number of hydrogen-bond donors (Lipinski definition) is 2. The van der Waals surface area contributed by atoms with Gasteiger partial charge in [0.1, 0.15) is 11.5 Å². The molecule has 4 aromatic rings. The summed E-state index contributed by atoms with van der Waals surface area (Å²) in [5.74, 6) is -0.162. The summed E-state index contributed by atoms with van der Waals surface area (Å²) in [7, 11) is -3.61. The minimum atomic E-state index is -3.61. The van der Waals surface area contributed by atoms with Gasteiger partial charge in [-0.15, -0.1) is 0 Å². The molecule has 1 aliphatic heterocycles. The van der Waals surface area contributed by atoms with Gasteiger partial charge in [0.25, 0.3) is 5.56 Å². The Kier molecular flexibility index (Phi) is 7.03. The van der Waals surface area contributed by atoms with Gasteiger partial charge in [-0.05, 0) is 43.3 Å². The Hall–Kier alpha value is -3.61. The van der Waals surface area contributed by atoms with Crippen LogP contribution >= 0.6 is 11.6 Å². The molecule has 0 saturated carbocycles. The van der Waals surface area contributed by atoms with Crippen LogP contribution in [0, 0.1) is 5.82 Å². The molecule has 2 N–H and O–H groups in total. The molecule has 0 bridgehead atoms. The molecular formula is C25H25ClFN7O3S. The van der Waals surface area contributed by atoms with E-state index in [1.54, 1.807) is 19.1 Å². The Balaban J connectivity index is 1.51. The highest BCUT2D eigenvalue weighted by atomic mass is 35.5. The van der Waals surface area contributed by atoms with Crippen LogP contribution in [0.25, 0.3) is 22.3 Å². The van der Waals surface area contributed by atoms with Crippen LogP contribution in [0.1, 0.15) is 6.92 Å². The molecule has 0 spiro atoms. The standard InChI is InChI=1S/C25H25ClFN7O3S/c1-3-34-23-15(12-17(24(34)35)22-18(26)5-7-21(31-22)38(2,36)37)14-29-25(32-23)30-16-4-6-20(19(27)13-16)33-10-8-28-9-11-33/h4-7,12-14,28H,3,8-11H2,1-2H3,(H,29,30,32). The van der Waals surface area contributed by atoms with E-state index < -0.39 is 15.4 Å². The fourth-order valence-corrected chi connectivity index (χ4v) is 5.16. The van der Waals surface area contributed by atoms with Crippen LogP contribution in [-0.4, -0.2) is 60.4 Å². The topological polar surface area (TPSA) is 122 Å². The molecule has 0 unspecified atom stereocenters. The van der Waals surface area contributed by atoms with Crippen molar-refractivity contribution in [3.8, 4) is 11.3 Å². The lowest BCUT2D eigenvalue weighted by atomic mass is 10.1. The third-order valence-corrected chi connectivity index (χ3v) is 7.55. The van der Waals surface area contributed by atoms with Crippen LogP contribution in [0.2, 0.25) is 5.02 Å². The highest BCUT2D eigenvalue weighted by molar-refractivity contribution is 7.90. The molecule has 13 heteroatoms.